The molecule has 0 unspecified atom stereocenters. The van der Waals surface area contributed by atoms with E-state index in [1.54, 1.807) is 6.07 Å². The van der Waals surface area contributed by atoms with Crippen molar-refractivity contribution in [3.8, 4) is 0 Å². The summed E-state index contributed by atoms with van der Waals surface area (Å²) in [6.07, 6.45) is -6.90. The van der Waals surface area contributed by atoms with Gasteiger partial charge in [-0.15, -0.1) is 0 Å². The van der Waals surface area contributed by atoms with Gasteiger partial charge in [0.25, 0.3) is 0 Å². The minimum atomic E-state index is -4.66. The molecule has 0 aliphatic heterocycles. The van der Waals surface area contributed by atoms with Crippen molar-refractivity contribution in [2.24, 2.45) is 0 Å². The van der Waals surface area contributed by atoms with Crippen molar-refractivity contribution in [2.75, 3.05) is 6.61 Å². The highest BCUT2D eigenvalue weighted by Gasteiger charge is 2.42. The predicted molar refractivity (Wildman–Crippen MR) is 56.5 cm³/mol. The molecule has 0 spiro atoms. The van der Waals surface area contributed by atoms with Crippen molar-refractivity contribution in [3.05, 3.63) is 34.3 Å². The van der Waals surface area contributed by atoms with Crippen LogP contribution in [0.5, 0.6) is 0 Å². The molecule has 0 fully saturated rings. The van der Waals surface area contributed by atoms with Crippen molar-refractivity contribution in [1.82, 2.24) is 0 Å². The first-order chi connectivity index (χ1) is 7.80. The Kier molecular flexibility index (Phi) is 4.53. The van der Waals surface area contributed by atoms with Gasteiger partial charge in [0, 0.05) is 4.47 Å². The first-order valence-corrected chi connectivity index (χ1v) is 5.25. The van der Waals surface area contributed by atoms with Gasteiger partial charge in [-0.3, -0.25) is 0 Å². The lowest BCUT2D eigenvalue weighted by atomic mass is 10.1. The molecule has 1 aromatic carbocycles. The summed E-state index contributed by atoms with van der Waals surface area (Å²) in [5.41, 5.74) is -0.145. The van der Waals surface area contributed by atoms with E-state index < -0.39 is 24.9 Å². The molecule has 7 heteroatoms. The Hall–Kier alpha value is -1.08. The molecule has 0 saturated carbocycles. The minimum Gasteiger partial charge on any atom is -0.480 e. The molecule has 0 saturated heterocycles. The number of ether oxygens (including phenoxy) is 1. The Labute approximate surface area is 103 Å². The fourth-order valence-electron chi connectivity index (χ4n) is 1.20. The second kappa shape index (κ2) is 5.50. The van der Waals surface area contributed by atoms with E-state index >= 15 is 0 Å². The Morgan fingerprint density at radius 1 is 1.47 bits per heavy atom. The minimum absolute atomic E-state index is 0.145. The molecule has 0 radical (unpaired) electrons. The lowest BCUT2D eigenvalue weighted by molar-refractivity contribution is -0.225. The molecule has 1 N–H and O–H groups in total. The topological polar surface area (TPSA) is 46.5 Å². The molecule has 0 heterocycles. The summed E-state index contributed by atoms with van der Waals surface area (Å²) in [6.45, 7) is -1.00. The molecular weight excluding hydrogens is 305 g/mol. The second-order valence-electron chi connectivity index (χ2n) is 3.18. The van der Waals surface area contributed by atoms with Crippen LogP contribution < -0.4 is 0 Å². The summed E-state index contributed by atoms with van der Waals surface area (Å²) < 4.78 is 42.8. The van der Waals surface area contributed by atoms with Crippen LogP contribution in [0, 0.1) is 0 Å². The van der Waals surface area contributed by atoms with Gasteiger partial charge in [-0.05, 0) is 17.7 Å². The maximum Gasteiger partial charge on any atom is 0.418 e. The van der Waals surface area contributed by atoms with Crippen LogP contribution in [0.2, 0.25) is 0 Å². The van der Waals surface area contributed by atoms with Crippen molar-refractivity contribution < 1.29 is 27.8 Å². The third-order valence-corrected chi connectivity index (χ3v) is 2.32. The van der Waals surface area contributed by atoms with Crippen LogP contribution in [-0.4, -0.2) is 23.9 Å². The summed E-state index contributed by atoms with van der Waals surface area (Å²) in [5.74, 6) is -1.45. The standard InChI is InChI=1S/C10H8BrF3O3/c11-7-3-1-2-6(4-7)9(10(12,13)14)17-5-8(15)16/h1-4,9H,5H2,(H,15,16)/t9-/m1/s1. The number of alkyl halides is 3. The van der Waals surface area contributed by atoms with Crippen molar-refractivity contribution in [3.63, 3.8) is 0 Å². The van der Waals surface area contributed by atoms with Crippen LogP contribution in [0.15, 0.2) is 28.7 Å². The Bertz CT molecular complexity index is 406. The highest BCUT2D eigenvalue weighted by Crippen LogP contribution is 2.36. The average Bonchev–Trinajstić information content (AvgIpc) is 2.15. The number of benzene rings is 1. The molecule has 17 heavy (non-hydrogen) atoms. The molecule has 0 aromatic heterocycles. The van der Waals surface area contributed by atoms with E-state index in [0.29, 0.717) is 4.47 Å². The fraction of sp³-hybridized carbons (Fsp3) is 0.300. The van der Waals surface area contributed by atoms with Crippen LogP contribution in [-0.2, 0) is 9.53 Å². The number of carbonyl (C=O) groups is 1. The summed E-state index contributed by atoms with van der Waals surface area (Å²) >= 11 is 3.04. The Morgan fingerprint density at radius 2 is 2.12 bits per heavy atom. The van der Waals surface area contributed by atoms with Crippen LogP contribution in [0.4, 0.5) is 13.2 Å². The Morgan fingerprint density at radius 3 is 2.59 bits per heavy atom. The molecule has 3 nitrogen and oxygen atoms in total. The average molecular weight is 313 g/mol. The van der Waals surface area contributed by atoms with Gasteiger partial charge in [-0.25, -0.2) is 4.79 Å². The van der Waals surface area contributed by atoms with Gasteiger partial charge in [0.15, 0.2) is 6.10 Å². The number of hydrogen-bond donors (Lipinski definition) is 1. The molecule has 0 bridgehead atoms. The lowest BCUT2D eigenvalue weighted by Crippen LogP contribution is -2.25. The first-order valence-electron chi connectivity index (χ1n) is 4.46. The van der Waals surface area contributed by atoms with Gasteiger partial charge < -0.3 is 9.84 Å². The molecule has 0 amide bonds. The summed E-state index contributed by atoms with van der Waals surface area (Å²) in [7, 11) is 0. The number of halogens is 4. The second-order valence-corrected chi connectivity index (χ2v) is 4.10. The zero-order chi connectivity index (χ0) is 13.1. The number of rotatable bonds is 4. The zero-order valence-electron chi connectivity index (χ0n) is 8.37. The van der Waals surface area contributed by atoms with E-state index in [9.17, 15) is 18.0 Å². The van der Waals surface area contributed by atoms with Crippen LogP contribution in [0.1, 0.15) is 11.7 Å². The van der Waals surface area contributed by atoms with Crippen molar-refractivity contribution >= 4 is 21.9 Å². The molecule has 0 aliphatic carbocycles. The summed E-state index contributed by atoms with van der Waals surface area (Å²) in [5, 5.41) is 8.33. The Balaban J connectivity index is 2.94. The summed E-state index contributed by atoms with van der Waals surface area (Å²) in [4.78, 5) is 10.2. The SMILES string of the molecule is O=C(O)CO[C@H](c1cccc(Br)c1)C(F)(F)F. The van der Waals surface area contributed by atoms with Gasteiger partial charge in [0.05, 0.1) is 0 Å². The first kappa shape index (κ1) is 14.0. The highest BCUT2D eigenvalue weighted by atomic mass is 79.9. The number of carboxylic acid groups (broad SMARTS) is 1. The van der Waals surface area contributed by atoms with E-state index in [1.807, 2.05) is 0 Å². The molecule has 1 atom stereocenters. The van der Waals surface area contributed by atoms with Crippen LogP contribution in [0.3, 0.4) is 0 Å². The van der Waals surface area contributed by atoms with Crippen molar-refractivity contribution in [2.45, 2.75) is 12.3 Å². The number of carboxylic acids is 1. The quantitative estimate of drug-likeness (QED) is 0.929. The molecule has 1 aromatic rings. The normalized spacial score (nSPS) is 13.4. The van der Waals surface area contributed by atoms with Gasteiger partial charge >= 0.3 is 12.1 Å². The summed E-state index contributed by atoms with van der Waals surface area (Å²) in [6, 6.07) is 5.45. The van der Waals surface area contributed by atoms with Gasteiger partial charge in [-0.1, -0.05) is 28.1 Å². The monoisotopic (exact) mass is 312 g/mol. The van der Waals surface area contributed by atoms with Gasteiger partial charge in [-0.2, -0.15) is 13.2 Å². The van der Waals surface area contributed by atoms with E-state index in [0.717, 1.165) is 0 Å². The third kappa shape index (κ3) is 4.35. The van der Waals surface area contributed by atoms with Gasteiger partial charge in [0.2, 0.25) is 0 Å². The van der Waals surface area contributed by atoms with E-state index in [1.165, 1.54) is 18.2 Å². The fourth-order valence-corrected chi connectivity index (χ4v) is 1.62. The van der Waals surface area contributed by atoms with E-state index in [2.05, 4.69) is 20.7 Å². The highest BCUT2D eigenvalue weighted by molar-refractivity contribution is 9.10. The smallest absolute Gasteiger partial charge is 0.418 e. The zero-order valence-corrected chi connectivity index (χ0v) is 9.96. The molecule has 94 valence electrons. The van der Waals surface area contributed by atoms with Crippen molar-refractivity contribution in [1.29, 1.82) is 0 Å². The maximum atomic E-state index is 12.7. The van der Waals surface area contributed by atoms with Gasteiger partial charge in [0.1, 0.15) is 6.61 Å². The maximum absolute atomic E-state index is 12.7. The largest absolute Gasteiger partial charge is 0.480 e. The predicted octanol–water partition coefficient (Wildman–Crippen LogP) is 3.15. The van der Waals surface area contributed by atoms with Crippen LogP contribution in [0.25, 0.3) is 0 Å². The number of hydrogen-bond acceptors (Lipinski definition) is 2. The van der Waals surface area contributed by atoms with Crippen LogP contribution >= 0.6 is 15.9 Å². The lowest BCUT2D eigenvalue weighted by Gasteiger charge is -2.20. The molecule has 0 aliphatic rings. The molecular formula is C10H8BrF3O3. The molecule has 1 rings (SSSR count). The number of aliphatic carboxylic acids is 1. The van der Waals surface area contributed by atoms with E-state index in [4.69, 9.17) is 5.11 Å². The van der Waals surface area contributed by atoms with E-state index in [-0.39, 0.29) is 5.56 Å². The third-order valence-electron chi connectivity index (χ3n) is 1.82.